The van der Waals surface area contributed by atoms with Gasteiger partial charge in [0, 0.05) is 5.02 Å². The molecule has 12 heteroatoms. The zero-order chi connectivity index (χ0) is 21.4. The molecule has 1 N–H and O–H groups in total. The number of halogens is 6. The molecule has 1 heterocycles. The SMILES string of the molecule is O=S(=O)(Nc1ncnc(Cl)c1-c1ccc(Cl)cc1)c1ccc(Cl)c(C(F)(F)F)c1. The number of nitrogens with zero attached hydrogens (tertiary/aromatic N) is 2. The van der Waals surface area contributed by atoms with Crippen molar-refractivity contribution in [2.75, 3.05) is 4.72 Å². The number of anilines is 1. The molecule has 0 saturated carbocycles. The first-order valence-corrected chi connectivity index (χ1v) is 10.3. The molecule has 2 aromatic carbocycles. The Balaban J connectivity index is 2.07. The molecule has 0 atom stereocenters. The molecule has 0 unspecified atom stereocenters. The van der Waals surface area contributed by atoms with E-state index in [1.54, 1.807) is 24.3 Å². The number of hydrogen-bond acceptors (Lipinski definition) is 4. The van der Waals surface area contributed by atoms with Crippen LogP contribution in [0.1, 0.15) is 5.56 Å². The lowest BCUT2D eigenvalue weighted by molar-refractivity contribution is -0.137. The quantitative estimate of drug-likeness (QED) is 0.468. The summed E-state index contributed by atoms with van der Waals surface area (Å²) >= 11 is 17.5. The van der Waals surface area contributed by atoms with Gasteiger partial charge in [-0.05, 0) is 35.9 Å². The Bertz CT molecular complexity index is 1170. The lowest BCUT2D eigenvalue weighted by atomic mass is 10.1. The van der Waals surface area contributed by atoms with Gasteiger partial charge in [-0.1, -0.05) is 46.9 Å². The Kier molecular flexibility index (Phi) is 5.96. The third kappa shape index (κ3) is 4.75. The fourth-order valence-corrected chi connectivity index (χ4v) is 4.03. The molecule has 0 aliphatic carbocycles. The van der Waals surface area contributed by atoms with E-state index in [-0.39, 0.29) is 16.5 Å². The minimum absolute atomic E-state index is 0.0629. The molecule has 0 bridgehead atoms. The molecule has 0 aliphatic heterocycles. The fraction of sp³-hybridized carbons (Fsp3) is 0.0588. The second-order valence-electron chi connectivity index (χ2n) is 5.64. The molecule has 0 amide bonds. The van der Waals surface area contributed by atoms with E-state index in [4.69, 9.17) is 34.8 Å². The highest BCUT2D eigenvalue weighted by molar-refractivity contribution is 7.92. The summed E-state index contributed by atoms with van der Waals surface area (Å²) in [6.07, 6.45) is -3.81. The maximum Gasteiger partial charge on any atom is 0.417 e. The predicted molar refractivity (Wildman–Crippen MR) is 105 cm³/mol. The van der Waals surface area contributed by atoms with E-state index < -0.39 is 31.7 Å². The second-order valence-corrected chi connectivity index (χ2v) is 8.52. The number of rotatable bonds is 4. The molecule has 0 radical (unpaired) electrons. The van der Waals surface area contributed by atoms with Crippen LogP contribution in [0.2, 0.25) is 15.2 Å². The van der Waals surface area contributed by atoms with Crippen LogP contribution in [0.4, 0.5) is 19.0 Å². The van der Waals surface area contributed by atoms with Gasteiger partial charge in [-0.15, -0.1) is 0 Å². The number of hydrogen-bond donors (Lipinski definition) is 1. The van der Waals surface area contributed by atoms with Crippen LogP contribution in [-0.4, -0.2) is 18.4 Å². The van der Waals surface area contributed by atoms with Crippen molar-refractivity contribution in [3.8, 4) is 11.1 Å². The molecule has 0 saturated heterocycles. The van der Waals surface area contributed by atoms with Crippen molar-refractivity contribution in [2.45, 2.75) is 11.1 Å². The van der Waals surface area contributed by atoms with Gasteiger partial charge in [-0.25, -0.2) is 18.4 Å². The molecule has 0 spiro atoms. The Hall–Kier alpha value is -2.07. The molecule has 29 heavy (non-hydrogen) atoms. The number of sulfonamides is 1. The molecular formula is C17H9Cl3F3N3O2S. The maximum atomic E-state index is 13.1. The van der Waals surface area contributed by atoms with Crippen LogP contribution in [0.3, 0.4) is 0 Å². The van der Waals surface area contributed by atoms with Crippen molar-refractivity contribution in [2.24, 2.45) is 0 Å². The van der Waals surface area contributed by atoms with Crippen molar-refractivity contribution >= 4 is 50.6 Å². The average Bonchev–Trinajstić information content (AvgIpc) is 2.62. The van der Waals surface area contributed by atoms with Crippen molar-refractivity contribution < 1.29 is 21.6 Å². The first-order chi connectivity index (χ1) is 13.5. The summed E-state index contributed by atoms with van der Waals surface area (Å²) in [7, 11) is -4.45. The summed E-state index contributed by atoms with van der Waals surface area (Å²) in [6.45, 7) is 0. The van der Waals surface area contributed by atoms with E-state index in [9.17, 15) is 21.6 Å². The lowest BCUT2D eigenvalue weighted by Crippen LogP contribution is -2.16. The maximum absolute atomic E-state index is 13.1. The number of nitrogens with one attached hydrogen (secondary N) is 1. The van der Waals surface area contributed by atoms with Crippen molar-refractivity contribution in [3.05, 3.63) is 69.6 Å². The fourth-order valence-electron chi connectivity index (χ4n) is 2.39. The first-order valence-electron chi connectivity index (χ1n) is 7.65. The molecule has 1 aromatic heterocycles. The van der Waals surface area contributed by atoms with E-state index in [1.807, 2.05) is 0 Å². The summed E-state index contributed by atoms with van der Waals surface area (Å²) in [4.78, 5) is 7.04. The third-order valence-corrected chi connectivity index (χ3v) is 5.92. The standard InChI is InChI=1S/C17H9Cl3F3N3O2S/c18-10-3-1-9(2-4-10)14-15(20)24-8-25-16(14)26-29(27,28)11-5-6-13(19)12(7-11)17(21,22)23/h1-8H,(H,24,25,26). The molecule has 3 rings (SSSR count). The normalized spacial score (nSPS) is 12.1. The predicted octanol–water partition coefficient (Wildman–Crippen LogP) is 5.92. The highest BCUT2D eigenvalue weighted by Crippen LogP contribution is 2.37. The average molecular weight is 483 g/mol. The van der Waals surface area contributed by atoms with Gasteiger partial charge in [0.2, 0.25) is 0 Å². The minimum Gasteiger partial charge on any atom is -0.263 e. The van der Waals surface area contributed by atoms with Crippen LogP contribution >= 0.6 is 34.8 Å². The largest absolute Gasteiger partial charge is 0.417 e. The van der Waals surface area contributed by atoms with Crippen LogP contribution in [0.15, 0.2) is 53.7 Å². The molecule has 3 aromatic rings. The second kappa shape index (κ2) is 7.98. The van der Waals surface area contributed by atoms with Crippen molar-refractivity contribution in [3.63, 3.8) is 0 Å². The van der Waals surface area contributed by atoms with Gasteiger partial charge < -0.3 is 0 Å². The third-order valence-electron chi connectivity index (χ3n) is 3.72. The zero-order valence-corrected chi connectivity index (χ0v) is 17.1. The Morgan fingerprint density at radius 1 is 0.931 bits per heavy atom. The number of alkyl halides is 3. The van der Waals surface area contributed by atoms with Crippen molar-refractivity contribution in [1.82, 2.24) is 9.97 Å². The van der Waals surface area contributed by atoms with E-state index in [2.05, 4.69) is 14.7 Å². The molecule has 5 nitrogen and oxygen atoms in total. The minimum atomic E-state index is -4.82. The monoisotopic (exact) mass is 481 g/mol. The Labute approximate surface area is 178 Å². The Morgan fingerprint density at radius 3 is 2.21 bits per heavy atom. The summed E-state index contributed by atoms with van der Waals surface area (Å²) in [6, 6.07) is 8.47. The molecule has 0 fully saturated rings. The van der Waals surface area contributed by atoms with Crippen LogP contribution in [0.5, 0.6) is 0 Å². The van der Waals surface area contributed by atoms with Crippen LogP contribution in [0, 0.1) is 0 Å². The summed E-state index contributed by atoms with van der Waals surface area (Å²) < 4.78 is 66.7. The smallest absolute Gasteiger partial charge is 0.263 e. The van der Waals surface area contributed by atoms with E-state index >= 15 is 0 Å². The molecule has 152 valence electrons. The van der Waals surface area contributed by atoms with Gasteiger partial charge >= 0.3 is 6.18 Å². The Morgan fingerprint density at radius 2 is 1.59 bits per heavy atom. The van der Waals surface area contributed by atoms with Gasteiger partial charge in [0.25, 0.3) is 10.0 Å². The van der Waals surface area contributed by atoms with Crippen molar-refractivity contribution in [1.29, 1.82) is 0 Å². The summed E-state index contributed by atoms with van der Waals surface area (Å²) in [5.41, 5.74) is -0.690. The van der Waals surface area contributed by atoms with E-state index in [0.29, 0.717) is 16.7 Å². The van der Waals surface area contributed by atoms with Gasteiger partial charge in [-0.2, -0.15) is 13.2 Å². The first kappa shape index (κ1) is 21.6. The van der Waals surface area contributed by atoms with E-state index in [1.165, 1.54) is 0 Å². The number of aromatic nitrogens is 2. The topological polar surface area (TPSA) is 72.0 Å². The van der Waals surface area contributed by atoms with Gasteiger partial charge in [0.15, 0.2) is 5.82 Å². The van der Waals surface area contributed by atoms with Gasteiger partial charge in [0.05, 0.1) is 21.0 Å². The zero-order valence-electron chi connectivity index (χ0n) is 14.0. The van der Waals surface area contributed by atoms with Crippen LogP contribution in [-0.2, 0) is 16.2 Å². The van der Waals surface area contributed by atoms with Gasteiger partial charge in [-0.3, -0.25) is 4.72 Å². The van der Waals surface area contributed by atoms with E-state index in [0.717, 1.165) is 18.5 Å². The molecule has 0 aliphatic rings. The highest BCUT2D eigenvalue weighted by Gasteiger charge is 2.34. The van der Waals surface area contributed by atoms with Crippen LogP contribution < -0.4 is 4.72 Å². The highest BCUT2D eigenvalue weighted by atomic mass is 35.5. The summed E-state index contributed by atoms with van der Waals surface area (Å²) in [5.74, 6) is -0.212. The summed E-state index contributed by atoms with van der Waals surface area (Å²) in [5, 5.41) is -0.250. The van der Waals surface area contributed by atoms with Gasteiger partial charge in [0.1, 0.15) is 11.5 Å². The van der Waals surface area contributed by atoms with Crippen LogP contribution in [0.25, 0.3) is 11.1 Å². The molecular weight excluding hydrogens is 474 g/mol. The lowest BCUT2D eigenvalue weighted by Gasteiger charge is -2.14. The number of benzene rings is 2.